The summed E-state index contributed by atoms with van der Waals surface area (Å²) < 4.78 is 5.45. The van der Waals surface area contributed by atoms with E-state index in [0.717, 1.165) is 48.1 Å². The van der Waals surface area contributed by atoms with Crippen molar-refractivity contribution >= 4 is 23.3 Å². The summed E-state index contributed by atoms with van der Waals surface area (Å²) in [5, 5.41) is 0.770. The van der Waals surface area contributed by atoms with Crippen molar-refractivity contribution in [1.82, 2.24) is 9.97 Å². The Morgan fingerprint density at radius 1 is 1.10 bits per heavy atom. The van der Waals surface area contributed by atoms with Crippen LogP contribution in [0.5, 0.6) is 5.75 Å². The van der Waals surface area contributed by atoms with Gasteiger partial charge in [-0.25, -0.2) is 15.0 Å². The van der Waals surface area contributed by atoms with E-state index in [-0.39, 0.29) is 0 Å². The van der Waals surface area contributed by atoms with E-state index in [4.69, 9.17) is 14.7 Å². The van der Waals surface area contributed by atoms with Gasteiger partial charge in [-0.15, -0.1) is 0 Å². The van der Waals surface area contributed by atoms with E-state index in [9.17, 15) is 0 Å². The van der Waals surface area contributed by atoms with E-state index in [1.807, 2.05) is 18.4 Å². The van der Waals surface area contributed by atoms with E-state index in [1.165, 1.54) is 22.4 Å². The molecule has 0 bridgehead atoms. The van der Waals surface area contributed by atoms with Crippen LogP contribution in [-0.4, -0.2) is 29.0 Å². The number of methoxy groups -OCH3 is 1. The normalized spacial score (nSPS) is 17.4. The molecule has 0 N–H and O–H groups in total. The summed E-state index contributed by atoms with van der Waals surface area (Å²) in [6.45, 7) is 2.29. The Balaban J connectivity index is 1.65. The molecule has 4 nitrogen and oxygen atoms in total. The second-order valence-electron chi connectivity index (χ2n) is 7.73. The number of hydrogen-bond donors (Lipinski definition) is 0. The van der Waals surface area contributed by atoms with E-state index < -0.39 is 0 Å². The van der Waals surface area contributed by atoms with Gasteiger partial charge in [0.15, 0.2) is 11.0 Å². The van der Waals surface area contributed by atoms with Crippen molar-refractivity contribution in [2.75, 3.05) is 13.4 Å². The van der Waals surface area contributed by atoms with Gasteiger partial charge in [0.2, 0.25) is 0 Å². The van der Waals surface area contributed by atoms with Crippen molar-refractivity contribution in [3.8, 4) is 5.75 Å². The van der Waals surface area contributed by atoms with E-state index in [2.05, 4.69) is 54.4 Å². The lowest BCUT2D eigenvalue weighted by molar-refractivity contribution is 0.414. The van der Waals surface area contributed by atoms with Gasteiger partial charge in [-0.3, -0.25) is 0 Å². The number of aromatic nitrogens is 2. The maximum absolute atomic E-state index is 5.45. The standard InChI is InChI=1S/C25H27N3OS/c1-17-9-10-20(14-19-15-22(29-2)11-12-23(17)19)26-24-16-21(27-25(28-24)30-3)13-18-7-5-4-6-8-18/h4-8,11-12,15-17H,9-10,13-14H2,1-3H3. The minimum Gasteiger partial charge on any atom is -0.497 e. The molecule has 0 amide bonds. The Morgan fingerprint density at radius 2 is 1.93 bits per heavy atom. The molecule has 5 heteroatoms. The second kappa shape index (κ2) is 9.43. The van der Waals surface area contributed by atoms with Gasteiger partial charge in [0.25, 0.3) is 0 Å². The van der Waals surface area contributed by atoms with Crippen LogP contribution in [0, 0.1) is 0 Å². The maximum atomic E-state index is 5.45. The van der Waals surface area contributed by atoms with Crippen molar-refractivity contribution in [3.05, 3.63) is 77.0 Å². The first kappa shape index (κ1) is 20.6. The Morgan fingerprint density at radius 3 is 2.70 bits per heavy atom. The first-order valence-electron chi connectivity index (χ1n) is 10.3. The zero-order valence-corrected chi connectivity index (χ0v) is 18.6. The Kier molecular flexibility index (Phi) is 6.48. The van der Waals surface area contributed by atoms with Crippen LogP contribution in [0.4, 0.5) is 5.82 Å². The summed E-state index contributed by atoms with van der Waals surface area (Å²) >= 11 is 1.56. The number of thioether (sulfide) groups is 1. The molecule has 4 rings (SSSR count). The average Bonchev–Trinajstić information content (AvgIpc) is 2.92. The Labute approximate surface area is 182 Å². The van der Waals surface area contributed by atoms with Gasteiger partial charge in [0.1, 0.15) is 5.75 Å². The molecule has 0 radical (unpaired) electrons. The van der Waals surface area contributed by atoms with Crippen LogP contribution in [0.1, 0.15) is 48.1 Å². The lowest BCUT2D eigenvalue weighted by atomic mass is 9.94. The monoisotopic (exact) mass is 417 g/mol. The maximum Gasteiger partial charge on any atom is 0.189 e. The first-order valence-corrected chi connectivity index (χ1v) is 11.6. The molecule has 1 aliphatic rings. The molecule has 1 atom stereocenters. The predicted molar refractivity (Wildman–Crippen MR) is 125 cm³/mol. The molecular weight excluding hydrogens is 390 g/mol. The summed E-state index contributed by atoms with van der Waals surface area (Å²) in [7, 11) is 1.72. The highest BCUT2D eigenvalue weighted by Gasteiger charge is 2.19. The number of aliphatic imine (C=N–C) groups is 1. The fourth-order valence-corrected chi connectivity index (χ4v) is 4.34. The molecular formula is C25H27N3OS. The molecule has 0 saturated carbocycles. The molecule has 1 aromatic heterocycles. The highest BCUT2D eigenvalue weighted by Crippen LogP contribution is 2.32. The minimum absolute atomic E-state index is 0.513. The molecule has 0 fully saturated rings. The zero-order chi connectivity index (χ0) is 20.9. The summed E-state index contributed by atoms with van der Waals surface area (Å²) in [6.07, 6.45) is 5.70. The summed E-state index contributed by atoms with van der Waals surface area (Å²) in [6, 6.07) is 18.9. The summed E-state index contributed by atoms with van der Waals surface area (Å²) in [5.74, 6) is 2.17. The number of ether oxygens (including phenoxy) is 1. The number of benzene rings is 2. The molecule has 1 aliphatic carbocycles. The minimum atomic E-state index is 0.513. The fourth-order valence-electron chi connectivity index (χ4n) is 3.95. The quantitative estimate of drug-likeness (QED) is 0.290. The highest BCUT2D eigenvalue weighted by atomic mass is 32.2. The van der Waals surface area contributed by atoms with Gasteiger partial charge in [0, 0.05) is 24.6 Å². The van der Waals surface area contributed by atoms with Crippen molar-refractivity contribution in [2.45, 2.75) is 43.7 Å². The number of rotatable bonds is 5. The van der Waals surface area contributed by atoms with Crippen LogP contribution in [0.25, 0.3) is 0 Å². The molecule has 3 aromatic rings. The summed E-state index contributed by atoms with van der Waals surface area (Å²) in [5.41, 5.74) is 6.13. The van der Waals surface area contributed by atoms with E-state index in [1.54, 1.807) is 18.9 Å². The zero-order valence-electron chi connectivity index (χ0n) is 17.8. The topological polar surface area (TPSA) is 47.4 Å². The molecule has 0 aliphatic heterocycles. The van der Waals surface area contributed by atoms with Crippen molar-refractivity contribution in [2.24, 2.45) is 4.99 Å². The van der Waals surface area contributed by atoms with Crippen LogP contribution in [-0.2, 0) is 12.8 Å². The molecule has 1 unspecified atom stereocenters. The van der Waals surface area contributed by atoms with Gasteiger partial charge in [0.05, 0.1) is 12.8 Å². The van der Waals surface area contributed by atoms with Crippen LogP contribution < -0.4 is 4.74 Å². The molecule has 2 aromatic carbocycles. The second-order valence-corrected chi connectivity index (χ2v) is 8.50. The smallest absolute Gasteiger partial charge is 0.189 e. The third kappa shape index (κ3) is 4.90. The van der Waals surface area contributed by atoms with E-state index >= 15 is 0 Å². The van der Waals surface area contributed by atoms with Gasteiger partial charge in [-0.2, -0.15) is 0 Å². The van der Waals surface area contributed by atoms with Gasteiger partial charge in [-0.05, 0) is 53.8 Å². The van der Waals surface area contributed by atoms with E-state index in [0.29, 0.717) is 5.92 Å². The first-order chi connectivity index (χ1) is 14.6. The lowest BCUT2D eigenvalue weighted by Crippen LogP contribution is -2.03. The van der Waals surface area contributed by atoms with Crippen molar-refractivity contribution in [1.29, 1.82) is 0 Å². The van der Waals surface area contributed by atoms with Crippen molar-refractivity contribution < 1.29 is 4.74 Å². The van der Waals surface area contributed by atoms with Crippen molar-refractivity contribution in [3.63, 3.8) is 0 Å². The van der Waals surface area contributed by atoms with Crippen LogP contribution in [0.3, 0.4) is 0 Å². The molecule has 0 spiro atoms. The van der Waals surface area contributed by atoms with Gasteiger partial charge >= 0.3 is 0 Å². The third-order valence-electron chi connectivity index (χ3n) is 5.57. The van der Waals surface area contributed by atoms with Crippen LogP contribution in [0.15, 0.2) is 64.7 Å². The summed E-state index contributed by atoms with van der Waals surface area (Å²) in [4.78, 5) is 14.4. The van der Waals surface area contributed by atoms with Crippen LogP contribution >= 0.6 is 11.8 Å². The Hall–Kier alpha value is -2.66. The highest BCUT2D eigenvalue weighted by molar-refractivity contribution is 7.98. The number of nitrogens with zero attached hydrogens (tertiary/aromatic N) is 3. The van der Waals surface area contributed by atoms with Gasteiger partial charge < -0.3 is 4.74 Å². The van der Waals surface area contributed by atoms with Gasteiger partial charge in [-0.1, -0.05) is 55.1 Å². The Bertz CT molecular complexity index is 1050. The molecule has 30 heavy (non-hydrogen) atoms. The predicted octanol–water partition coefficient (Wildman–Crippen LogP) is 6.01. The number of fused-ring (bicyclic) bond motifs is 1. The third-order valence-corrected chi connectivity index (χ3v) is 6.12. The average molecular weight is 418 g/mol. The molecule has 1 heterocycles. The molecule has 0 saturated heterocycles. The lowest BCUT2D eigenvalue weighted by Gasteiger charge is -2.13. The SMILES string of the molecule is COc1ccc2c(c1)CC(=Nc1cc(Cc3ccccc3)nc(SC)n1)CCC2C. The largest absolute Gasteiger partial charge is 0.497 e. The fraction of sp³-hybridized carbons (Fsp3) is 0.320. The van der Waals surface area contributed by atoms with Crippen LogP contribution in [0.2, 0.25) is 0 Å². The number of hydrogen-bond acceptors (Lipinski definition) is 5. The molecule has 154 valence electrons.